The average Bonchev–Trinajstić information content (AvgIpc) is 3.04. The maximum Gasteiger partial charge on any atom is 0.00705 e. The lowest BCUT2D eigenvalue weighted by atomic mass is 9.86. The fourth-order valence-electron chi connectivity index (χ4n) is 3.92. The first-order valence-corrected chi connectivity index (χ1v) is 8.87. The van der Waals surface area contributed by atoms with Crippen molar-refractivity contribution in [2.24, 2.45) is 0 Å². The lowest BCUT2D eigenvalue weighted by Gasteiger charge is -2.20. The number of hydrogen-bond donors (Lipinski definition) is 1. The van der Waals surface area contributed by atoms with Gasteiger partial charge in [-0.25, -0.2) is 0 Å². The van der Waals surface area contributed by atoms with E-state index in [0.29, 0.717) is 0 Å². The first-order valence-electron chi connectivity index (χ1n) is 8.87. The summed E-state index contributed by atoms with van der Waals surface area (Å²) >= 11 is 0. The monoisotopic (exact) mass is 283 g/mol. The van der Waals surface area contributed by atoms with E-state index >= 15 is 0 Å². The van der Waals surface area contributed by atoms with Crippen molar-refractivity contribution in [3.8, 4) is 0 Å². The van der Waals surface area contributed by atoms with Gasteiger partial charge >= 0.3 is 0 Å². The standard InChI is InChI=1S/C20H29N/c1-3-16-13-18-9-7-15(8-10-20-6-5-11-21-20)12-19(18)14-17(16)4-2/h12-14,20-21H,3-11H2,1-2H3. The summed E-state index contributed by atoms with van der Waals surface area (Å²) in [5.41, 5.74) is 7.86. The van der Waals surface area contributed by atoms with E-state index in [1.54, 1.807) is 22.3 Å². The van der Waals surface area contributed by atoms with Gasteiger partial charge in [0.25, 0.3) is 0 Å². The predicted octanol–water partition coefficient (Wildman–Crippen LogP) is 4.67. The lowest BCUT2D eigenvalue weighted by Crippen LogP contribution is -2.21. The number of rotatable bonds is 5. The molecule has 0 spiro atoms. The molecule has 1 aromatic carbocycles. The van der Waals surface area contributed by atoms with Crippen molar-refractivity contribution in [2.75, 3.05) is 6.54 Å². The Morgan fingerprint density at radius 2 is 1.90 bits per heavy atom. The normalized spacial score (nSPS) is 21.2. The summed E-state index contributed by atoms with van der Waals surface area (Å²) in [5, 5.41) is 3.62. The molecule has 1 aliphatic carbocycles. The van der Waals surface area contributed by atoms with Crippen LogP contribution in [0.1, 0.15) is 68.2 Å². The lowest BCUT2D eigenvalue weighted by molar-refractivity contribution is 0.553. The minimum Gasteiger partial charge on any atom is -0.314 e. The summed E-state index contributed by atoms with van der Waals surface area (Å²) in [6, 6.07) is 5.71. The maximum absolute atomic E-state index is 3.62. The number of benzene rings is 1. The van der Waals surface area contributed by atoms with Crippen LogP contribution in [0.15, 0.2) is 17.7 Å². The summed E-state index contributed by atoms with van der Waals surface area (Å²) in [5.74, 6) is 0. The molecule has 1 aromatic rings. The quantitative estimate of drug-likeness (QED) is 0.828. The van der Waals surface area contributed by atoms with Crippen LogP contribution in [0.3, 0.4) is 0 Å². The van der Waals surface area contributed by atoms with Gasteiger partial charge in [0.1, 0.15) is 0 Å². The van der Waals surface area contributed by atoms with E-state index in [1.165, 1.54) is 57.1 Å². The van der Waals surface area contributed by atoms with Crippen LogP contribution in [0.25, 0.3) is 6.08 Å². The third-order valence-electron chi connectivity index (χ3n) is 5.27. The molecule has 1 fully saturated rings. The Balaban J connectivity index is 1.73. The molecule has 1 atom stereocenters. The molecule has 1 heteroatoms. The molecule has 1 saturated heterocycles. The van der Waals surface area contributed by atoms with Gasteiger partial charge in [0.05, 0.1) is 0 Å². The Hall–Kier alpha value is -1.08. The SMILES string of the molecule is CCc1cc2c(cc1CC)CCC(CCC1CCCN1)=C2. The van der Waals surface area contributed by atoms with Crippen LogP contribution in [0.2, 0.25) is 0 Å². The fraction of sp³-hybridized carbons (Fsp3) is 0.600. The Morgan fingerprint density at radius 3 is 2.62 bits per heavy atom. The molecule has 0 bridgehead atoms. The molecule has 0 aromatic heterocycles. The van der Waals surface area contributed by atoms with Crippen LogP contribution in [-0.2, 0) is 19.3 Å². The zero-order valence-electron chi connectivity index (χ0n) is 13.7. The van der Waals surface area contributed by atoms with E-state index in [4.69, 9.17) is 0 Å². The van der Waals surface area contributed by atoms with Crippen LogP contribution < -0.4 is 5.32 Å². The predicted molar refractivity (Wildman–Crippen MR) is 91.8 cm³/mol. The van der Waals surface area contributed by atoms with Gasteiger partial charge in [-0.05, 0) is 80.2 Å². The highest BCUT2D eigenvalue weighted by Crippen LogP contribution is 2.30. The molecule has 0 radical (unpaired) electrons. The second-order valence-corrected chi connectivity index (χ2v) is 6.66. The number of nitrogens with one attached hydrogen (secondary N) is 1. The zero-order valence-corrected chi connectivity index (χ0v) is 13.7. The Bertz CT molecular complexity index is 521. The van der Waals surface area contributed by atoms with Crippen molar-refractivity contribution < 1.29 is 0 Å². The molecule has 2 aliphatic rings. The highest BCUT2D eigenvalue weighted by molar-refractivity contribution is 5.61. The molecule has 21 heavy (non-hydrogen) atoms. The van der Waals surface area contributed by atoms with E-state index in [1.807, 2.05) is 0 Å². The van der Waals surface area contributed by atoms with Crippen molar-refractivity contribution in [3.63, 3.8) is 0 Å². The molecule has 0 saturated carbocycles. The summed E-state index contributed by atoms with van der Waals surface area (Å²) in [7, 11) is 0. The number of allylic oxidation sites excluding steroid dienone is 1. The molecule has 1 aliphatic heterocycles. The van der Waals surface area contributed by atoms with Crippen molar-refractivity contribution in [2.45, 2.75) is 71.3 Å². The average molecular weight is 283 g/mol. The molecule has 1 unspecified atom stereocenters. The summed E-state index contributed by atoms with van der Waals surface area (Å²) in [6.45, 7) is 5.78. The maximum atomic E-state index is 3.62. The van der Waals surface area contributed by atoms with Gasteiger partial charge in [-0.2, -0.15) is 0 Å². The van der Waals surface area contributed by atoms with Gasteiger partial charge in [0.2, 0.25) is 0 Å². The van der Waals surface area contributed by atoms with Gasteiger partial charge in [0.15, 0.2) is 0 Å². The first-order chi connectivity index (χ1) is 10.3. The van der Waals surface area contributed by atoms with Crippen molar-refractivity contribution in [3.05, 3.63) is 40.0 Å². The molecule has 3 rings (SSSR count). The van der Waals surface area contributed by atoms with Crippen LogP contribution in [0.5, 0.6) is 0 Å². The Kier molecular flexibility index (Phi) is 4.80. The topological polar surface area (TPSA) is 12.0 Å². The van der Waals surface area contributed by atoms with Gasteiger partial charge < -0.3 is 5.32 Å². The van der Waals surface area contributed by atoms with E-state index in [9.17, 15) is 0 Å². The van der Waals surface area contributed by atoms with Gasteiger partial charge in [-0.3, -0.25) is 0 Å². The summed E-state index contributed by atoms with van der Waals surface area (Å²) < 4.78 is 0. The zero-order chi connectivity index (χ0) is 14.7. The second kappa shape index (κ2) is 6.79. The number of fused-ring (bicyclic) bond motifs is 1. The minimum atomic E-state index is 0.779. The molecule has 114 valence electrons. The Morgan fingerprint density at radius 1 is 1.10 bits per heavy atom. The van der Waals surface area contributed by atoms with Crippen LogP contribution in [0.4, 0.5) is 0 Å². The molecule has 1 N–H and O–H groups in total. The molecule has 1 heterocycles. The highest BCUT2D eigenvalue weighted by Gasteiger charge is 2.17. The van der Waals surface area contributed by atoms with Crippen molar-refractivity contribution in [1.29, 1.82) is 0 Å². The largest absolute Gasteiger partial charge is 0.314 e. The molecule has 0 amide bonds. The van der Waals surface area contributed by atoms with Crippen LogP contribution in [0, 0.1) is 0 Å². The summed E-state index contributed by atoms with van der Waals surface area (Å²) in [6.07, 6.45) is 12.7. The first kappa shape index (κ1) is 14.8. The summed E-state index contributed by atoms with van der Waals surface area (Å²) in [4.78, 5) is 0. The molecular formula is C20H29N. The number of aryl methyl sites for hydroxylation is 3. The van der Waals surface area contributed by atoms with Crippen molar-refractivity contribution in [1.82, 2.24) is 5.32 Å². The van der Waals surface area contributed by atoms with Gasteiger partial charge in [-0.1, -0.05) is 37.6 Å². The highest BCUT2D eigenvalue weighted by atomic mass is 14.9. The van der Waals surface area contributed by atoms with Gasteiger partial charge in [-0.15, -0.1) is 0 Å². The second-order valence-electron chi connectivity index (χ2n) is 6.66. The van der Waals surface area contributed by atoms with Crippen LogP contribution >= 0.6 is 0 Å². The number of hydrogen-bond acceptors (Lipinski definition) is 1. The fourth-order valence-corrected chi connectivity index (χ4v) is 3.92. The third kappa shape index (κ3) is 3.40. The minimum absolute atomic E-state index is 0.779. The van der Waals surface area contributed by atoms with E-state index in [-0.39, 0.29) is 0 Å². The Labute approximate surface area is 129 Å². The van der Waals surface area contributed by atoms with E-state index in [2.05, 4.69) is 37.4 Å². The van der Waals surface area contributed by atoms with E-state index < -0.39 is 0 Å². The smallest absolute Gasteiger partial charge is 0.00705 e. The van der Waals surface area contributed by atoms with Crippen molar-refractivity contribution >= 4 is 6.08 Å². The van der Waals surface area contributed by atoms with Gasteiger partial charge in [0, 0.05) is 6.04 Å². The molecule has 1 nitrogen and oxygen atoms in total. The van der Waals surface area contributed by atoms with Crippen LogP contribution in [-0.4, -0.2) is 12.6 Å². The molecular weight excluding hydrogens is 254 g/mol. The van der Waals surface area contributed by atoms with E-state index in [0.717, 1.165) is 12.5 Å². The third-order valence-corrected chi connectivity index (χ3v) is 5.27.